The molecule has 6 nitrogen and oxygen atoms in total. The molecule has 0 spiro atoms. The van der Waals surface area contributed by atoms with Gasteiger partial charge in [0.2, 0.25) is 5.91 Å². The zero-order valence-electron chi connectivity index (χ0n) is 14.3. The van der Waals surface area contributed by atoms with Gasteiger partial charge in [-0.05, 0) is 43.0 Å². The number of hydrogen-bond donors (Lipinski definition) is 1. The summed E-state index contributed by atoms with van der Waals surface area (Å²) >= 11 is 0. The summed E-state index contributed by atoms with van der Waals surface area (Å²) in [5.41, 5.74) is 2.27. The predicted octanol–water partition coefficient (Wildman–Crippen LogP) is 4.13. The van der Waals surface area contributed by atoms with E-state index in [0.29, 0.717) is 23.1 Å². The maximum Gasteiger partial charge on any atom is 0.228 e. The molecule has 1 fully saturated rings. The first-order valence-corrected chi connectivity index (χ1v) is 8.83. The van der Waals surface area contributed by atoms with Gasteiger partial charge in [0.25, 0.3) is 0 Å². The summed E-state index contributed by atoms with van der Waals surface area (Å²) < 4.78 is 7.63. The molecule has 26 heavy (non-hydrogen) atoms. The van der Waals surface area contributed by atoms with Crippen molar-refractivity contribution in [2.24, 2.45) is 11.8 Å². The Morgan fingerprint density at radius 1 is 1.27 bits per heavy atom. The fraction of sp³-hybridized carbons (Fsp3) is 0.250. The van der Waals surface area contributed by atoms with Gasteiger partial charge in [0.15, 0.2) is 17.2 Å². The zero-order valence-corrected chi connectivity index (χ0v) is 14.3. The second kappa shape index (κ2) is 5.69. The fourth-order valence-electron chi connectivity index (χ4n) is 3.27. The second-order valence-corrected chi connectivity index (χ2v) is 6.90. The van der Waals surface area contributed by atoms with Crippen LogP contribution in [0.5, 0.6) is 0 Å². The molecule has 0 radical (unpaired) electrons. The molecule has 1 aliphatic rings. The van der Waals surface area contributed by atoms with E-state index in [1.807, 2.05) is 43.3 Å². The van der Waals surface area contributed by atoms with Crippen molar-refractivity contribution in [3.8, 4) is 11.5 Å². The van der Waals surface area contributed by atoms with Crippen LogP contribution < -0.4 is 5.32 Å². The first kappa shape index (κ1) is 15.1. The summed E-state index contributed by atoms with van der Waals surface area (Å²) in [6.07, 6.45) is 4.01. The van der Waals surface area contributed by atoms with Gasteiger partial charge < -0.3 is 9.73 Å². The van der Waals surface area contributed by atoms with Crippen LogP contribution in [0.15, 0.2) is 53.1 Å². The Bertz CT molecular complexity index is 1090. The van der Waals surface area contributed by atoms with Crippen molar-refractivity contribution in [1.29, 1.82) is 0 Å². The third kappa shape index (κ3) is 2.54. The predicted molar refractivity (Wildman–Crippen MR) is 98.7 cm³/mol. The van der Waals surface area contributed by atoms with Crippen molar-refractivity contribution < 1.29 is 9.21 Å². The average Bonchev–Trinajstić information content (AvgIpc) is 3.27. The van der Waals surface area contributed by atoms with Gasteiger partial charge in [-0.25, -0.2) is 9.50 Å². The molecule has 1 saturated carbocycles. The van der Waals surface area contributed by atoms with Crippen LogP contribution in [-0.4, -0.2) is 20.5 Å². The number of rotatable bonds is 4. The molecule has 1 aromatic carbocycles. The standard InChI is InChI=1S/C20H18N4O2/c1-12(13-6-7-13)20(25)22-18-8-9-19-21-11-15(24(19)23-18)17-10-14-4-2-3-5-16(14)26-17/h2-5,8-13H,6-7H2,1H3,(H,22,23,25). The number of aromatic nitrogens is 3. The Balaban J connectivity index is 1.51. The van der Waals surface area contributed by atoms with Gasteiger partial charge in [0, 0.05) is 11.3 Å². The summed E-state index contributed by atoms with van der Waals surface area (Å²) in [5.74, 6) is 1.76. The molecule has 0 bridgehead atoms. The summed E-state index contributed by atoms with van der Waals surface area (Å²) in [5, 5.41) is 8.49. The van der Waals surface area contributed by atoms with Crippen molar-refractivity contribution in [2.75, 3.05) is 5.32 Å². The van der Waals surface area contributed by atoms with Gasteiger partial charge >= 0.3 is 0 Å². The lowest BCUT2D eigenvalue weighted by atomic mass is 10.1. The Labute approximate surface area is 149 Å². The van der Waals surface area contributed by atoms with E-state index in [4.69, 9.17) is 4.42 Å². The van der Waals surface area contributed by atoms with E-state index in [0.717, 1.165) is 29.5 Å². The van der Waals surface area contributed by atoms with Gasteiger partial charge in [-0.2, -0.15) is 0 Å². The van der Waals surface area contributed by atoms with Crippen LogP contribution in [0.3, 0.4) is 0 Å². The third-order valence-electron chi connectivity index (χ3n) is 5.03. The first-order chi connectivity index (χ1) is 12.7. The van der Waals surface area contributed by atoms with E-state index in [9.17, 15) is 4.79 Å². The highest BCUT2D eigenvalue weighted by molar-refractivity contribution is 5.92. The van der Waals surface area contributed by atoms with Crippen molar-refractivity contribution in [3.05, 3.63) is 48.7 Å². The number of imidazole rings is 1. The maximum atomic E-state index is 12.3. The topological polar surface area (TPSA) is 72.4 Å². The minimum Gasteiger partial charge on any atom is -0.454 e. The average molecular weight is 346 g/mol. The maximum absolute atomic E-state index is 12.3. The van der Waals surface area contributed by atoms with Crippen LogP contribution in [0.2, 0.25) is 0 Å². The molecule has 1 atom stereocenters. The first-order valence-electron chi connectivity index (χ1n) is 8.83. The van der Waals surface area contributed by atoms with Crippen LogP contribution in [0.4, 0.5) is 5.82 Å². The van der Waals surface area contributed by atoms with E-state index in [-0.39, 0.29) is 11.8 Å². The normalized spacial score (nSPS) is 15.4. The monoisotopic (exact) mass is 346 g/mol. The summed E-state index contributed by atoms with van der Waals surface area (Å²) in [6.45, 7) is 1.97. The molecule has 0 saturated heterocycles. The zero-order chi connectivity index (χ0) is 17.7. The molecule has 1 N–H and O–H groups in total. The van der Waals surface area contributed by atoms with E-state index in [1.54, 1.807) is 16.8 Å². The molecule has 3 heterocycles. The van der Waals surface area contributed by atoms with Gasteiger partial charge in [0.05, 0.1) is 6.20 Å². The molecule has 1 aliphatic carbocycles. The van der Waals surface area contributed by atoms with E-state index in [1.165, 1.54) is 0 Å². The van der Waals surface area contributed by atoms with Crippen LogP contribution >= 0.6 is 0 Å². The Hall–Kier alpha value is -3.15. The number of para-hydroxylation sites is 1. The molecule has 1 amide bonds. The molecule has 5 rings (SSSR count). The van der Waals surface area contributed by atoms with E-state index >= 15 is 0 Å². The minimum absolute atomic E-state index is 0.0183. The van der Waals surface area contributed by atoms with Crippen molar-refractivity contribution in [3.63, 3.8) is 0 Å². The molecular formula is C20H18N4O2. The number of anilines is 1. The lowest BCUT2D eigenvalue weighted by Crippen LogP contribution is -2.22. The summed E-state index contributed by atoms with van der Waals surface area (Å²) in [4.78, 5) is 16.7. The Kier molecular flexibility index (Phi) is 3.31. The summed E-state index contributed by atoms with van der Waals surface area (Å²) in [6, 6.07) is 13.4. The Morgan fingerprint density at radius 3 is 2.92 bits per heavy atom. The van der Waals surface area contributed by atoms with Gasteiger partial charge in [-0.3, -0.25) is 4.79 Å². The summed E-state index contributed by atoms with van der Waals surface area (Å²) in [7, 11) is 0. The number of fused-ring (bicyclic) bond motifs is 2. The lowest BCUT2D eigenvalue weighted by molar-refractivity contribution is -0.119. The van der Waals surface area contributed by atoms with E-state index < -0.39 is 0 Å². The molecule has 4 aromatic rings. The molecule has 3 aromatic heterocycles. The molecule has 1 unspecified atom stereocenters. The minimum atomic E-state index is 0.0183. The number of nitrogens with one attached hydrogen (secondary N) is 1. The van der Waals surface area contributed by atoms with Crippen molar-refractivity contribution in [1.82, 2.24) is 14.6 Å². The van der Waals surface area contributed by atoms with Gasteiger partial charge in [-0.1, -0.05) is 25.1 Å². The highest BCUT2D eigenvalue weighted by Gasteiger charge is 2.32. The number of hydrogen-bond acceptors (Lipinski definition) is 4. The Morgan fingerprint density at radius 2 is 2.12 bits per heavy atom. The SMILES string of the molecule is CC(C(=O)Nc1ccc2ncc(-c3cc4ccccc4o3)n2n1)C1CC1. The number of benzene rings is 1. The lowest BCUT2D eigenvalue weighted by Gasteiger charge is -2.10. The second-order valence-electron chi connectivity index (χ2n) is 6.90. The molecular weight excluding hydrogens is 328 g/mol. The number of carbonyl (C=O) groups is 1. The molecule has 6 heteroatoms. The fourth-order valence-corrected chi connectivity index (χ4v) is 3.27. The van der Waals surface area contributed by atoms with Gasteiger partial charge in [0.1, 0.15) is 11.3 Å². The van der Waals surface area contributed by atoms with Crippen molar-refractivity contribution in [2.45, 2.75) is 19.8 Å². The van der Waals surface area contributed by atoms with Crippen molar-refractivity contribution >= 4 is 28.3 Å². The highest BCUT2D eigenvalue weighted by atomic mass is 16.3. The highest BCUT2D eigenvalue weighted by Crippen LogP contribution is 2.37. The van der Waals surface area contributed by atoms with Crippen LogP contribution in [0, 0.1) is 11.8 Å². The number of amides is 1. The smallest absolute Gasteiger partial charge is 0.228 e. The molecule has 130 valence electrons. The molecule has 0 aliphatic heterocycles. The largest absolute Gasteiger partial charge is 0.454 e. The van der Waals surface area contributed by atoms with Crippen LogP contribution in [0.1, 0.15) is 19.8 Å². The van der Waals surface area contributed by atoms with E-state index in [2.05, 4.69) is 15.4 Å². The number of carbonyl (C=O) groups excluding carboxylic acids is 1. The number of furan rings is 1. The van der Waals surface area contributed by atoms with Crippen LogP contribution in [-0.2, 0) is 4.79 Å². The quantitative estimate of drug-likeness (QED) is 0.603. The third-order valence-corrected chi connectivity index (χ3v) is 5.03. The number of nitrogens with zero attached hydrogens (tertiary/aromatic N) is 3. The van der Waals surface area contributed by atoms with Crippen LogP contribution in [0.25, 0.3) is 28.1 Å². The van der Waals surface area contributed by atoms with Gasteiger partial charge in [-0.15, -0.1) is 5.10 Å².